The molecular weight excluding hydrogens is 299 g/mol. The molecule has 3 heteroatoms. The molecule has 0 aliphatic rings. The SMILES string of the molecule is C=C(Br)CCc1cc(Br)ccc1F. The Morgan fingerprint density at radius 2 is 2.15 bits per heavy atom. The monoisotopic (exact) mass is 306 g/mol. The zero-order valence-corrected chi connectivity index (χ0v) is 10.2. The van der Waals surface area contributed by atoms with Gasteiger partial charge in [0.15, 0.2) is 0 Å². The molecule has 0 nitrogen and oxygen atoms in total. The van der Waals surface area contributed by atoms with Crippen molar-refractivity contribution >= 4 is 31.9 Å². The average molecular weight is 308 g/mol. The van der Waals surface area contributed by atoms with Gasteiger partial charge in [-0.15, -0.1) is 0 Å². The fourth-order valence-corrected chi connectivity index (χ4v) is 1.61. The largest absolute Gasteiger partial charge is 0.207 e. The lowest BCUT2D eigenvalue weighted by Crippen LogP contribution is -1.90. The first-order chi connectivity index (χ1) is 6.09. The molecule has 70 valence electrons. The number of rotatable bonds is 3. The van der Waals surface area contributed by atoms with E-state index in [-0.39, 0.29) is 5.82 Å². The highest BCUT2D eigenvalue weighted by atomic mass is 79.9. The van der Waals surface area contributed by atoms with Crippen LogP contribution >= 0.6 is 31.9 Å². The summed E-state index contributed by atoms with van der Waals surface area (Å²) < 4.78 is 15.0. The van der Waals surface area contributed by atoms with Gasteiger partial charge in [0.25, 0.3) is 0 Å². The van der Waals surface area contributed by atoms with Crippen molar-refractivity contribution in [3.8, 4) is 0 Å². The highest BCUT2D eigenvalue weighted by molar-refractivity contribution is 9.11. The second-order valence-electron chi connectivity index (χ2n) is 2.75. The molecule has 0 atom stereocenters. The molecule has 0 unspecified atom stereocenters. The molecule has 0 bridgehead atoms. The van der Waals surface area contributed by atoms with Gasteiger partial charge >= 0.3 is 0 Å². The van der Waals surface area contributed by atoms with Gasteiger partial charge in [-0.1, -0.05) is 38.4 Å². The normalized spacial score (nSPS) is 10.1. The summed E-state index contributed by atoms with van der Waals surface area (Å²) in [5, 5.41) is 0. The second-order valence-corrected chi connectivity index (χ2v) is 4.79. The molecule has 0 fully saturated rings. The maximum atomic E-state index is 13.2. The van der Waals surface area contributed by atoms with E-state index in [9.17, 15) is 4.39 Å². The van der Waals surface area contributed by atoms with Gasteiger partial charge in [0, 0.05) is 4.47 Å². The van der Waals surface area contributed by atoms with E-state index in [0.29, 0.717) is 6.42 Å². The number of hydrogen-bond acceptors (Lipinski definition) is 0. The molecule has 0 N–H and O–H groups in total. The predicted molar refractivity (Wildman–Crippen MR) is 60.5 cm³/mol. The van der Waals surface area contributed by atoms with Gasteiger partial charge in [-0.25, -0.2) is 4.39 Å². The minimum Gasteiger partial charge on any atom is -0.207 e. The maximum absolute atomic E-state index is 13.2. The van der Waals surface area contributed by atoms with Crippen molar-refractivity contribution in [2.45, 2.75) is 12.8 Å². The maximum Gasteiger partial charge on any atom is 0.126 e. The number of aryl methyl sites for hydroxylation is 1. The van der Waals surface area contributed by atoms with E-state index >= 15 is 0 Å². The van der Waals surface area contributed by atoms with Crippen molar-refractivity contribution in [1.82, 2.24) is 0 Å². The summed E-state index contributed by atoms with van der Waals surface area (Å²) in [7, 11) is 0. The van der Waals surface area contributed by atoms with Crippen LogP contribution in [0.4, 0.5) is 4.39 Å². The van der Waals surface area contributed by atoms with Gasteiger partial charge in [0.1, 0.15) is 5.82 Å². The lowest BCUT2D eigenvalue weighted by atomic mass is 10.1. The van der Waals surface area contributed by atoms with Crippen LogP contribution in [0, 0.1) is 5.82 Å². The standard InChI is InChI=1S/C10H9Br2F/c1-7(11)2-3-8-6-9(12)4-5-10(8)13/h4-6H,1-3H2. The van der Waals surface area contributed by atoms with Crippen LogP contribution in [0.5, 0.6) is 0 Å². The first-order valence-electron chi connectivity index (χ1n) is 3.87. The average Bonchev–Trinajstić information content (AvgIpc) is 2.06. The van der Waals surface area contributed by atoms with Crippen LogP contribution in [0.25, 0.3) is 0 Å². The van der Waals surface area contributed by atoms with Crippen molar-refractivity contribution < 1.29 is 4.39 Å². The Labute approximate surface area is 94.1 Å². The smallest absolute Gasteiger partial charge is 0.126 e. The van der Waals surface area contributed by atoms with Crippen LogP contribution in [0.15, 0.2) is 33.7 Å². The Hall–Kier alpha value is -0.150. The zero-order chi connectivity index (χ0) is 9.84. The quantitative estimate of drug-likeness (QED) is 0.775. The van der Waals surface area contributed by atoms with Crippen LogP contribution in [-0.2, 0) is 6.42 Å². The van der Waals surface area contributed by atoms with Crippen LogP contribution < -0.4 is 0 Å². The highest BCUT2D eigenvalue weighted by Crippen LogP contribution is 2.19. The first kappa shape index (κ1) is 10.9. The molecule has 1 rings (SSSR count). The molecule has 1 aromatic carbocycles. The summed E-state index contributed by atoms with van der Waals surface area (Å²) in [5.74, 6) is -0.156. The molecule has 0 amide bonds. The Bertz CT molecular complexity index is 321. The summed E-state index contributed by atoms with van der Waals surface area (Å²) in [5.41, 5.74) is 0.718. The minimum absolute atomic E-state index is 0.156. The summed E-state index contributed by atoms with van der Waals surface area (Å²) in [6.45, 7) is 3.70. The zero-order valence-electron chi connectivity index (χ0n) is 6.99. The molecule has 13 heavy (non-hydrogen) atoms. The molecule has 0 heterocycles. The lowest BCUT2D eigenvalue weighted by molar-refractivity contribution is 0.609. The first-order valence-corrected chi connectivity index (χ1v) is 5.45. The third-order valence-corrected chi connectivity index (χ3v) is 2.56. The van der Waals surface area contributed by atoms with E-state index in [0.717, 1.165) is 20.9 Å². The summed E-state index contributed by atoms with van der Waals surface area (Å²) in [6, 6.07) is 4.96. The molecule has 0 spiro atoms. The minimum atomic E-state index is -0.156. The number of halogens is 3. The topological polar surface area (TPSA) is 0 Å². The number of benzene rings is 1. The highest BCUT2D eigenvalue weighted by Gasteiger charge is 2.02. The van der Waals surface area contributed by atoms with Gasteiger partial charge in [0.05, 0.1) is 0 Å². The summed E-state index contributed by atoms with van der Waals surface area (Å²) in [4.78, 5) is 0. The number of allylic oxidation sites excluding steroid dienone is 1. The molecular formula is C10H9Br2F. The van der Waals surface area contributed by atoms with E-state index in [1.165, 1.54) is 6.07 Å². The summed E-state index contributed by atoms with van der Waals surface area (Å²) >= 11 is 6.55. The van der Waals surface area contributed by atoms with Crippen molar-refractivity contribution in [3.05, 3.63) is 45.1 Å². The van der Waals surface area contributed by atoms with Gasteiger partial charge < -0.3 is 0 Å². The van der Waals surface area contributed by atoms with E-state index in [1.807, 2.05) is 0 Å². The van der Waals surface area contributed by atoms with Crippen LogP contribution in [-0.4, -0.2) is 0 Å². The number of hydrogen-bond donors (Lipinski definition) is 0. The van der Waals surface area contributed by atoms with Gasteiger partial charge in [-0.3, -0.25) is 0 Å². The van der Waals surface area contributed by atoms with Gasteiger partial charge in [-0.05, 0) is 41.1 Å². The van der Waals surface area contributed by atoms with Crippen LogP contribution in [0.1, 0.15) is 12.0 Å². The predicted octanol–water partition coefficient (Wildman–Crippen LogP) is 4.43. The fraction of sp³-hybridized carbons (Fsp3) is 0.200. The Kier molecular flexibility index (Phi) is 4.13. The van der Waals surface area contributed by atoms with E-state index in [2.05, 4.69) is 38.4 Å². The molecule has 0 saturated carbocycles. The van der Waals surface area contributed by atoms with Gasteiger partial charge in [0.2, 0.25) is 0 Å². The Morgan fingerprint density at radius 1 is 1.46 bits per heavy atom. The van der Waals surface area contributed by atoms with Crippen molar-refractivity contribution in [3.63, 3.8) is 0 Å². The molecule has 0 aliphatic carbocycles. The third kappa shape index (κ3) is 3.61. The molecule has 0 aromatic heterocycles. The second kappa shape index (κ2) is 4.91. The molecule has 1 aromatic rings. The van der Waals surface area contributed by atoms with Crippen LogP contribution in [0.2, 0.25) is 0 Å². The van der Waals surface area contributed by atoms with Crippen molar-refractivity contribution in [2.24, 2.45) is 0 Å². The van der Waals surface area contributed by atoms with Gasteiger partial charge in [-0.2, -0.15) is 0 Å². The Balaban J connectivity index is 2.75. The summed E-state index contributed by atoms with van der Waals surface area (Å²) in [6.07, 6.45) is 1.43. The van der Waals surface area contributed by atoms with E-state index < -0.39 is 0 Å². The molecule has 0 radical (unpaired) electrons. The van der Waals surface area contributed by atoms with E-state index in [1.54, 1.807) is 12.1 Å². The third-order valence-electron chi connectivity index (χ3n) is 1.67. The van der Waals surface area contributed by atoms with Crippen LogP contribution in [0.3, 0.4) is 0 Å². The lowest BCUT2D eigenvalue weighted by Gasteiger charge is -2.02. The Morgan fingerprint density at radius 3 is 2.77 bits per heavy atom. The fourth-order valence-electron chi connectivity index (χ4n) is 1.01. The van der Waals surface area contributed by atoms with E-state index in [4.69, 9.17) is 0 Å². The molecule has 0 aliphatic heterocycles. The van der Waals surface area contributed by atoms with Crippen molar-refractivity contribution in [2.75, 3.05) is 0 Å². The molecule has 0 saturated heterocycles. The van der Waals surface area contributed by atoms with Crippen molar-refractivity contribution in [1.29, 1.82) is 0 Å².